The molecular formula is C12H16N4O5. The number of amides is 4. The molecule has 0 saturated heterocycles. The quantitative estimate of drug-likeness (QED) is 0.408. The van der Waals surface area contributed by atoms with Gasteiger partial charge in [0, 0.05) is 24.5 Å². The molecule has 4 amide bonds. The van der Waals surface area contributed by atoms with Crippen molar-refractivity contribution in [1.82, 2.24) is 4.90 Å². The Morgan fingerprint density at radius 1 is 1.10 bits per heavy atom. The Morgan fingerprint density at radius 2 is 1.62 bits per heavy atom. The van der Waals surface area contributed by atoms with Crippen LogP contribution in [0.3, 0.4) is 0 Å². The SMILES string of the molecule is NC(=O)CC(CC(N)C(=O)CN1C(=O)C=CC1=O)C(N)=O. The Hall–Kier alpha value is -2.55. The van der Waals surface area contributed by atoms with Crippen molar-refractivity contribution in [1.29, 1.82) is 0 Å². The van der Waals surface area contributed by atoms with E-state index in [9.17, 15) is 24.0 Å². The van der Waals surface area contributed by atoms with Crippen LogP contribution >= 0.6 is 0 Å². The second-order valence-corrected chi connectivity index (χ2v) is 4.67. The summed E-state index contributed by atoms with van der Waals surface area (Å²) in [6, 6.07) is -1.14. The van der Waals surface area contributed by atoms with Crippen molar-refractivity contribution in [3.05, 3.63) is 12.2 Å². The number of primary amides is 2. The summed E-state index contributed by atoms with van der Waals surface area (Å²) in [5.41, 5.74) is 15.7. The average molecular weight is 296 g/mol. The standard InChI is InChI=1S/C12H16N4O5/c13-7(3-6(12(15)21)4-9(14)18)8(17)5-16-10(19)1-2-11(16)20/h1-2,6-7H,3-5,13H2,(H2,14,18)(H2,15,21). The van der Waals surface area contributed by atoms with Crippen molar-refractivity contribution in [2.24, 2.45) is 23.1 Å². The van der Waals surface area contributed by atoms with Crippen LogP contribution in [0.2, 0.25) is 0 Å². The summed E-state index contributed by atoms with van der Waals surface area (Å²) in [6.07, 6.45) is 1.58. The van der Waals surface area contributed by atoms with E-state index in [0.29, 0.717) is 0 Å². The van der Waals surface area contributed by atoms with Gasteiger partial charge in [-0.15, -0.1) is 0 Å². The highest BCUT2D eigenvalue weighted by Crippen LogP contribution is 2.12. The summed E-state index contributed by atoms with van der Waals surface area (Å²) in [5, 5.41) is 0. The molecule has 1 heterocycles. The number of carbonyl (C=O) groups is 5. The number of rotatable bonds is 8. The van der Waals surface area contributed by atoms with E-state index in [1.54, 1.807) is 0 Å². The second kappa shape index (κ2) is 6.75. The molecule has 2 atom stereocenters. The first-order valence-corrected chi connectivity index (χ1v) is 6.11. The molecule has 0 aromatic carbocycles. The van der Waals surface area contributed by atoms with Crippen molar-refractivity contribution in [3.8, 4) is 0 Å². The average Bonchev–Trinajstić information content (AvgIpc) is 2.68. The fourth-order valence-electron chi connectivity index (χ4n) is 1.84. The van der Waals surface area contributed by atoms with E-state index in [-0.39, 0.29) is 12.8 Å². The maximum absolute atomic E-state index is 11.9. The fraction of sp³-hybridized carbons (Fsp3) is 0.417. The van der Waals surface area contributed by atoms with Crippen LogP contribution in [0.15, 0.2) is 12.2 Å². The zero-order chi connectivity index (χ0) is 16.2. The van der Waals surface area contributed by atoms with Gasteiger partial charge in [0.15, 0.2) is 5.78 Å². The number of carbonyl (C=O) groups excluding carboxylic acids is 5. The van der Waals surface area contributed by atoms with Gasteiger partial charge < -0.3 is 17.2 Å². The number of hydrogen-bond donors (Lipinski definition) is 3. The molecule has 0 spiro atoms. The molecule has 6 N–H and O–H groups in total. The van der Waals surface area contributed by atoms with E-state index < -0.39 is 47.9 Å². The third-order valence-electron chi connectivity index (χ3n) is 3.02. The Morgan fingerprint density at radius 3 is 2.05 bits per heavy atom. The smallest absolute Gasteiger partial charge is 0.254 e. The third-order valence-corrected chi connectivity index (χ3v) is 3.02. The molecular weight excluding hydrogens is 280 g/mol. The van der Waals surface area contributed by atoms with Crippen LogP contribution in [-0.4, -0.2) is 46.9 Å². The first-order valence-electron chi connectivity index (χ1n) is 6.11. The third kappa shape index (κ3) is 4.49. The molecule has 0 radical (unpaired) electrons. The molecule has 9 nitrogen and oxygen atoms in total. The summed E-state index contributed by atoms with van der Waals surface area (Å²) >= 11 is 0. The molecule has 1 aliphatic rings. The monoisotopic (exact) mass is 296 g/mol. The minimum Gasteiger partial charge on any atom is -0.370 e. The van der Waals surface area contributed by atoms with Gasteiger partial charge in [-0.1, -0.05) is 0 Å². The second-order valence-electron chi connectivity index (χ2n) is 4.67. The number of nitrogens with zero attached hydrogens (tertiary/aromatic N) is 1. The summed E-state index contributed by atoms with van der Waals surface area (Å²) in [4.78, 5) is 57.2. The zero-order valence-corrected chi connectivity index (χ0v) is 11.2. The van der Waals surface area contributed by atoms with Crippen molar-refractivity contribution in [2.75, 3.05) is 6.54 Å². The number of hydrogen-bond acceptors (Lipinski definition) is 6. The molecule has 0 aromatic rings. The molecule has 1 aliphatic heterocycles. The number of ketones is 1. The maximum atomic E-state index is 11.9. The van der Waals surface area contributed by atoms with Gasteiger partial charge >= 0.3 is 0 Å². The van der Waals surface area contributed by atoms with Crippen LogP contribution in [0.1, 0.15) is 12.8 Å². The highest BCUT2D eigenvalue weighted by atomic mass is 16.2. The first-order chi connectivity index (χ1) is 9.72. The Labute approximate surface area is 120 Å². The zero-order valence-electron chi connectivity index (χ0n) is 11.2. The number of nitrogens with two attached hydrogens (primary N) is 3. The molecule has 0 aliphatic carbocycles. The van der Waals surface area contributed by atoms with Crippen molar-refractivity contribution in [3.63, 3.8) is 0 Å². The van der Waals surface area contributed by atoms with E-state index in [1.807, 2.05) is 0 Å². The molecule has 9 heteroatoms. The molecule has 114 valence electrons. The van der Waals surface area contributed by atoms with Crippen LogP contribution in [-0.2, 0) is 24.0 Å². The summed E-state index contributed by atoms with van der Waals surface area (Å²) in [5.74, 6) is -4.34. The topological polar surface area (TPSA) is 167 Å². The van der Waals surface area contributed by atoms with Gasteiger partial charge in [-0.3, -0.25) is 28.9 Å². The van der Waals surface area contributed by atoms with Crippen molar-refractivity contribution >= 4 is 29.4 Å². The molecule has 1 rings (SSSR count). The van der Waals surface area contributed by atoms with E-state index in [0.717, 1.165) is 17.1 Å². The van der Waals surface area contributed by atoms with E-state index in [2.05, 4.69) is 0 Å². The van der Waals surface area contributed by atoms with E-state index >= 15 is 0 Å². The fourth-order valence-corrected chi connectivity index (χ4v) is 1.84. The first kappa shape index (κ1) is 16.5. The van der Waals surface area contributed by atoms with Gasteiger partial charge in [0.05, 0.1) is 12.6 Å². The van der Waals surface area contributed by atoms with Crippen LogP contribution < -0.4 is 17.2 Å². The lowest BCUT2D eigenvalue weighted by molar-refractivity contribution is -0.141. The van der Waals surface area contributed by atoms with Gasteiger partial charge in [-0.2, -0.15) is 0 Å². The Kier molecular flexibility index (Phi) is 5.30. The summed E-state index contributed by atoms with van der Waals surface area (Å²) < 4.78 is 0. The lowest BCUT2D eigenvalue weighted by Crippen LogP contribution is -2.44. The highest BCUT2D eigenvalue weighted by Gasteiger charge is 2.30. The largest absolute Gasteiger partial charge is 0.370 e. The van der Waals surface area contributed by atoms with E-state index in [4.69, 9.17) is 17.2 Å². The van der Waals surface area contributed by atoms with Gasteiger partial charge in [0.2, 0.25) is 11.8 Å². The lowest BCUT2D eigenvalue weighted by atomic mass is 9.93. The number of Topliss-reactive ketones (excluding diaryl/α,β-unsaturated/α-hetero) is 1. The summed E-state index contributed by atoms with van der Waals surface area (Å²) in [6.45, 7) is -0.492. The molecule has 0 aromatic heterocycles. The highest BCUT2D eigenvalue weighted by molar-refractivity contribution is 6.14. The molecule has 0 fully saturated rings. The maximum Gasteiger partial charge on any atom is 0.254 e. The van der Waals surface area contributed by atoms with Crippen LogP contribution in [0, 0.1) is 5.92 Å². The lowest BCUT2D eigenvalue weighted by Gasteiger charge is -2.19. The predicted molar refractivity (Wildman–Crippen MR) is 70.0 cm³/mol. The molecule has 0 saturated carbocycles. The van der Waals surface area contributed by atoms with E-state index in [1.165, 1.54) is 0 Å². The normalized spacial score (nSPS) is 16.9. The van der Waals surface area contributed by atoms with Crippen molar-refractivity contribution < 1.29 is 24.0 Å². The van der Waals surface area contributed by atoms with Crippen LogP contribution in [0.5, 0.6) is 0 Å². The van der Waals surface area contributed by atoms with Crippen LogP contribution in [0.4, 0.5) is 0 Å². The number of imide groups is 1. The summed E-state index contributed by atoms with van der Waals surface area (Å²) in [7, 11) is 0. The minimum absolute atomic E-state index is 0.180. The van der Waals surface area contributed by atoms with Crippen molar-refractivity contribution in [2.45, 2.75) is 18.9 Å². The van der Waals surface area contributed by atoms with Gasteiger partial charge in [0.1, 0.15) is 0 Å². The Bertz CT molecular complexity index is 510. The molecule has 21 heavy (non-hydrogen) atoms. The molecule has 2 unspecified atom stereocenters. The van der Waals surface area contributed by atoms with Gasteiger partial charge in [-0.25, -0.2) is 0 Å². The van der Waals surface area contributed by atoms with Gasteiger partial charge in [0.25, 0.3) is 11.8 Å². The molecule has 0 bridgehead atoms. The predicted octanol–water partition coefficient (Wildman–Crippen LogP) is -2.83. The minimum atomic E-state index is -1.14. The van der Waals surface area contributed by atoms with Crippen LogP contribution in [0.25, 0.3) is 0 Å². The van der Waals surface area contributed by atoms with Gasteiger partial charge in [-0.05, 0) is 6.42 Å². The Balaban J connectivity index is 2.61.